The maximum atomic E-state index is 10.9. The van der Waals surface area contributed by atoms with Crippen molar-refractivity contribution in [1.29, 1.82) is 0 Å². The molecule has 1 aromatic heterocycles. The van der Waals surface area contributed by atoms with Crippen LogP contribution in [0.1, 0.15) is 26.9 Å². The Morgan fingerprint density at radius 1 is 1.60 bits per heavy atom. The lowest BCUT2D eigenvalue weighted by Crippen LogP contribution is -2.36. The van der Waals surface area contributed by atoms with E-state index in [2.05, 4.69) is 10.2 Å². The molecule has 0 aliphatic rings. The largest absolute Gasteiger partial charge is 0.455 e. The van der Waals surface area contributed by atoms with Gasteiger partial charge < -0.3 is 9.30 Å². The van der Waals surface area contributed by atoms with Crippen LogP contribution in [0.3, 0.4) is 0 Å². The Morgan fingerprint density at radius 3 is 2.67 bits per heavy atom. The lowest BCUT2D eigenvalue weighted by molar-refractivity contribution is -0.157. The topological polar surface area (TPSA) is 73.5 Å². The van der Waals surface area contributed by atoms with Crippen LogP contribution in [0.15, 0.2) is 23.9 Å². The van der Waals surface area contributed by atoms with E-state index in [4.69, 9.17) is 4.74 Å². The number of hydrogen-bond acceptors (Lipinski definition) is 5. The molecule has 0 saturated heterocycles. The average Bonchev–Trinajstić information content (AvgIpc) is 2.54. The number of carbonyl (C=O) groups is 1. The molecule has 1 rings (SSSR count). The van der Waals surface area contributed by atoms with Crippen molar-refractivity contribution in [3.8, 4) is 0 Å². The van der Waals surface area contributed by atoms with Crippen molar-refractivity contribution in [1.82, 2.24) is 9.55 Å². The molecule has 0 spiro atoms. The Hall–Kier alpha value is -1.72. The number of carbonyl (C=O) groups excluding carboxylic acids is 1. The molecule has 6 heteroatoms. The van der Waals surface area contributed by atoms with Crippen LogP contribution in [0.4, 0.5) is 0 Å². The van der Waals surface area contributed by atoms with E-state index in [0.29, 0.717) is 0 Å². The predicted molar refractivity (Wildman–Crippen MR) is 52.9 cm³/mol. The number of ether oxygens (including phenoxy) is 1. The number of nitrogens with zero attached hydrogens (tertiary/aromatic N) is 3. The van der Waals surface area contributed by atoms with Gasteiger partial charge in [0.1, 0.15) is 0 Å². The highest BCUT2D eigenvalue weighted by Gasteiger charge is 2.35. The van der Waals surface area contributed by atoms with E-state index in [0.717, 1.165) is 0 Å². The van der Waals surface area contributed by atoms with Gasteiger partial charge >= 0.3 is 5.97 Å². The predicted octanol–water partition coefficient (Wildman–Crippen LogP) is 1.49. The van der Waals surface area contributed by atoms with Crippen LogP contribution in [0, 0.1) is 4.91 Å². The quantitative estimate of drug-likeness (QED) is 0.558. The molecule has 0 N–H and O–H groups in total. The molecule has 0 aliphatic heterocycles. The first-order valence-corrected chi connectivity index (χ1v) is 4.47. The zero-order valence-electron chi connectivity index (χ0n) is 8.88. The Balaban J connectivity index is 2.91. The summed E-state index contributed by atoms with van der Waals surface area (Å²) in [6.45, 7) is 4.54. The van der Waals surface area contributed by atoms with E-state index < -0.39 is 17.7 Å². The standard InChI is InChI=1S/C9H13N3O3/c1-7(13)15-9(2,3)8(11-14)12-5-4-10-6-12/h4-6,8H,1-3H3. The third-order valence-electron chi connectivity index (χ3n) is 1.94. The fraction of sp³-hybridized carbons (Fsp3) is 0.556. The second-order valence-corrected chi connectivity index (χ2v) is 3.69. The summed E-state index contributed by atoms with van der Waals surface area (Å²) in [4.78, 5) is 25.4. The second kappa shape index (κ2) is 4.20. The van der Waals surface area contributed by atoms with Crippen molar-refractivity contribution in [2.75, 3.05) is 0 Å². The second-order valence-electron chi connectivity index (χ2n) is 3.69. The molecule has 15 heavy (non-hydrogen) atoms. The summed E-state index contributed by atoms with van der Waals surface area (Å²) in [5, 5.41) is 2.95. The fourth-order valence-corrected chi connectivity index (χ4v) is 1.38. The number of aromatic nitrogens is 2. The molecule has 1 heterocycles. The molecular weight excluding hydrogens is 198 g/mol. The Kier molecular flexibility index (Phi) is 3.18. The smallest absolute Gasteiger partial charge is 0.303 e. The number of nitroso groups, excluding NO2 is 1. The van der Waals surface area contributed by atoms with Gasteiger partial charge in [0.05, 0.1) is 6.33 Å². The third-order valence-corrected chi connectivity index (χ3v) is 1.94. The van der Waals surface area contributed by atoms with Gasteiger partial charge in [-0.1, -0.05) is 0 Å². The first kappa shape index (κ1) is 11.4. The summed E-state index contributed by atoms with van der Waals surface area (Å²) < 4.78 is 6.53. The van der Waals surface area contributed by atoms with Gasteiger partial charge in [0.15, 0.2) is 5.60 Å². The van der Waals surface area contributed by atoms with Gasteiger partial charge in [0.25, 0.3) is 0 Å². The Bertz CT molecular complexity index is 345. The van der Waals surface area contributed by atoms with Crippen LogP contribution < -0.4 is 0 Å². The highest BCUT2D eigenvalue weighted by Crippen LogP contribution is 2.27. The molecule has 0 amide bonds. The van der Waals surface area contributed by atoms with E-state index in [9.17, 15) is 9.70 Å². The van der Waals surface area contributed by atoms with Crippen LogP contribution in [0.2, 0.25) is 0 Å². The van der Waals surface area contributed by atoms with Crippen molar-refractivity contribution in [3.63, 3.8) is 0 Å². The molecule has 0 aliphatic carbocycles. The van der Waals surface area contributed by atoms with Crippen molar-refractivity contribution in [2.24, 2.45) is 5.18 Å². The molecule has 0 aromatic carbocycles. The highest BCUT2D eigenvalue weighted by molar-refractivity contribution is 5.66. The van der Waals surface area contributed by atoms with Gasteiger partial charge in [0.2, 0.25) is 6.17 Å². The molecule has 82 valence electrons. The van der Waals surface area contributed by atoms with E-state index in [1.54, 1.807) is 20.0 Å². The summed E-state index contributed by atoms with van der Waals surface area (Å²) in [7, 11) is 0. The van der Waals surface area contributed by atoms with Crippen LogP contribution in [0.25, 0.3) is 0 Å². The van der Waals surface area contributed by atoms with Gasteiger partial charge in [-0.3, -0.25) is 4.79 Å². The van der Waals surface area contributed by atoms with Crippen LogP contribution in [-0.2, 0) is 9.53 Å². The number of esters is 1. The summed E-state index contributed by atoms with van der Waals surface area (Å²) in [5.74, 6) is -0.450. The minimum Gasteiger partial charge on any atom is -0.455 e. The van der Waals surface area contributed by atoms with Crippen molar-refractivity contribution < 1.29 is 9.53 Å². The van der Waals surface area contributed by atoms with E-state index in [1.165, 1.54) is 24.0 Å². The fourth-order valence-electron chi connectivity index (χ4n) is 1.38. The lowest BCUT2D eigenvalue weighted by Gasteiger charge is -2.29. The first-order valence-electron chi connectivity index (χ1n) is 4.47. The third kappa shape index (κ3) is 2.61. The normalized spacial score (nSPS) is 13.3. The maximum Gasteiger partial charge on any atom is 0.303 e. The van der Waals surface area contributed by atoms with Gasteiger partial charge in [-0.05, 0) is 19.0 Å². The maximum absolute atomic E-state index is 10.9. The van der Waals surface area contributed by atoms with Gasteiger partial charge in [-0.25, -0.2) is 4.98 Å². The van der Waals surface area contributed by atoms with E-state index in [1.807, 2.05) is 0 Å². The molecule has 6 nitrogen and oxygen atoms in total. The monoisotopic (exact) mass is 211 g/mol. The lowest BCUT2D eigenvalue weighted by atomic mass is 10.1. The minimum absolute atomic E-state index is 0.450. The molecule has 1 atom stereocenters. The first-order chi connectivity index (χ1) is 6.97. The highest BCUT2D eigenvalue weighted by atomic mass is 16.6. The van der Waals surface area contributed by atoms with E-state index in [-0.39, 0.29) is 0 Å². The van der Waals surface area contributed by atoms with Crippen molar-refractivity contribution in [2.45, 2.75) is 32.5 Å². The minimum atomic E-state index is -0.992. The van der Waals surface area contributed by atoms with Crippen LogP contribution >= 0.6 is 0 Å². The summed E-state index contributed by atoms with van der Waals surface area (Å²) in [6.07, 6.45) is 3.76. The average molecular weight is 211 g/mol. The molecule has 0 fully saturated rings. The molecular formula is C9H13N3O3. The van der Waals surface area contributed by atoms with Crippen LogP contribution in [-0.4, -0.2) is 21.1 Å². The molecule has 1 unspecified atom stereocenters. The molecule has 0 radical (unpaired) electrons. The van der Waals surface area contributed by atoms with Gasteiger partial charge in [0, 0.05) is 19.3 Å². The van der Waals surface area contributed by atoms with Gasteiger partial charge in [-0.2, -0.15) is 0 Å². The zero-order valence-corrected chi connectivity index (χ0v) is 8.88. The SMILES string of the molecule is CC(=O)OC(C)(C)C(N=O)n1ccnc1. The zero-order chi connectivity index (χ0) is 11.5. The van der Waals surface area contributed by atoms with Gasteiger partial charge in [-0.15, -0.1) is 4.91 Å². The summed E-state index contributed by atoms with van der Waals surface area (Å²) in [5.41, 5.74) is -0.992. The summed E-state index contributed by atoms with van der Waals surface area (Å²) in [6, 6.07) is 0. The van der Waals surface area contributed by atoms with Crippen LogP contribution in [0.5, 0.6) is 0 Å². The number of imidazole rings is 1. The molecule has 0 saturated carbocycles. The number of rotatable bonds is 4. The Labute approximate surface area is 87.2 Å². The summed E-state index contributed by atoms with van der Waals surface area (Å²) >= 11 is 0. The molecule has 1 aromatic rings. The Morgan fingerprint density at radius 2 is 2.27 bits per heavy atom. The number of hydrogen-bond donors (Lipinski definition) is 0. The van der Waals surface area contributed by atoms with Crippen molar-refractivity contribution in [3.05, 3.63) is 23.6 Å². The molecule has 0 bridgehead atoms. The van der Waals surface area contributed by atoms with E-state index >= 15 is 0 Å². The van der Waals surface area contributed by atoms with Crippen molar-refractivity contribution >= 4 is 5.97 Å².